The van der Waals surface area contributed by atoms with Gasteiger partial charge in [-0.1, -0.05) is 30.3 Å². The summed E-state index contributed by atoms with van der Waals surface area (Å²) in [6.07, 6.45) is 0.419. The predicted molar refractivity (Wildman–Crippen MR) is 94.5 cm³/mol. The summed E-state index contributed by atoms with van der Waals surface area (Å²) < 4.78 is 41.2. The molecule has 132 valence electrons. The molecule has 0 radical (unpaired) electrons. The molecule has 2 aromatic carbocycles. The number of H-pyrrole nitrogens is 1. The van der Waals surface area contributed by atoms with Gasteiger partial charge in [0.15, 0.2) is 0 Å². The maximum absolute atomic E-state index is 13.2. The number of imidazole rings is 1. The maximum atomic E-state index is 13.2. The molecular weight excluding hydrogens is 345 g/mol. The van der Waals surface area contributed by atoms with Gasteiger partial charge in [-0.3, -0.25) is 4.57 Å². The molecule has 0 aliphatic heterocycles. The molecule has 0 atom stereocenters. The van der Waals surface area contributed by atoms with Crippen LogP contribution in [0.2, 0.25) is 0 Å². The summed E-state index contributed by atoms with van der Waals surface area (Å²) in [4.78, 5) is 14.5. The van der Waals surface area contributed by atoms with Crippen molar-refractivity contribution in [2.24, 2.45) is 0 Å². The number of benzene rings is 2. The first-order valence-electron chi connectivity index (χ1n) is 7.84. The number of rotatable bonds is 7. The molecule has 0 aliphatic carbocycles. The van der Waals surface area contributed by atoms with Crippen LogP contribution in [-0.2, 0) is 23.0 Å². The molecule has 6 nitrogen and oxygen atoms in total. The highest BCUT2D eigenvalue weighted by Crippen LogP contribution is 2.11. The van der Waals surface area contributed by atoms with E-state index in [2.05, 4.69) is 9.71 Å². The summed E-state index contributed by atoms with van der Waals surface area (Å²) in [7, 11) is -3.44. The first-order chi connectivity index (χ1) is 11.9. The van der Waals surface area contributed by atoms with Gasteiger partial charge < -0.3 is 4.98 Å². The third kappa shape index (κ3) is 4.34. The van der Waals surface area contributed by atoms with E-state index < -0.39 is 21.5 Å². The molecule has 8 heteroatoms. The van der Waals surface area contributed by atoms with Crippen molar-refractivity contribution in [3.05, 3.63) is 70.4 Å². The van der Waals surface area contributed by atoms with Crippen LogP contribution < -0.4 is 10.4 Å². The van der Waals surface area contributed by atoms with Crippen LogP contribution >= 0.6 is 0 Å². The number of nitrogens with zero attached hydrogens (tertiary/aromatic N) is 1. The van der Waals surface area contributed by atoms with Crippen LogP contribution in [-0.4, -0.2) is 30.3 Å². The largest absolute Gasteiger partial charge is 0.326 e. The summed E-state index contributed by atoms with van der Waals surface area (Å²) >= 11 is 0. The Kier molecular flexibility index (Phi) is 5.00. The maximum Gasteiger partial charge on any atom is 0.326 e. The molecule has 1 heterocycles. The zero-order valence-electron chi connectivity index (χ0n) is 13.4. The highest BCUT2D eigenvalue weighted by Gasteiger charge is 2.12. The van der Waals surface area contributed by atoms with Gasteiger partial charge in [0.2, 0.25) is 10.0 Å². The van der Waals surface area contributed by atoms with Gasteiger partial charge in [-0.2, -0.15) is 0 Å². The monoisotopic (exact) mass is 363 g/mol. The van der Waals surface area contributed by atoms with Crippen molar-refractivity contribution in [1.29, 1.82) is 0 Å². The van der Waals surface area contributed by atoms with Crippen LogP contribution in [0, 0.1) is 5.82 Å². The Labute approximate surface area is 144 Å². The molecule has 0 saturated heterocycles. The van der Waals surface area contributed by atoms with E-state index in [4.69, 9.17) is 0 Å². The molecule has 0 bridgehead atoms. The van der Waals surface area contributed by atoms with Crippen LogP contribution in [0.1, 0.15) is 5.56 Å². The minimum atomic E-state index is -3.44. The molecule has 0 spiro atoms. The number of sulfonamides is 1. The Hall–Kier alpha value is -2.45. The summed E-state index contributed by atoms with van der Waals surface area (Å²) in [5.74, 6) is -0.465. The lowest BCUT2D eigenvalue weighted by molar-refractivity contribution is 0.572. The summed E-state index contributed by atoms with van der Waals surface area (Å²) in [5, 5.41) is 0. The van der Waals surface area contributed by atoms with E-state index in [0.717, 1.165) is 5.56 Å². The molecule has 25 heavy (non-hydrogen) atoms. The number of aromatic amines is 1. The van der Waals surface area contributed by atoms with E-state index in [9.17, 15) is 17.6 Å². The smallest absolute Gasteiger partial charge is 0.305 e. The quantitative estimate of drug-likeness (QED) is 0.669. The number of nitrogens with one attached hydrogen (secondary N) is 2. The van der Waals surface area contributed by atoms with E-state index in [1.165, 1.54) is 22.8 Å². The number of aryl methyl sites for hydroxylation is 1. The molecule has 3 aromatic rings. The fourth-order valence-corrected chi connectivity index (χ4v) is 3.69. The van der Waals surface area contributed by atoms with Crippen molar-refractivity contribution in [2.75, 3.05) is 12.3 Å². The van der Waals surface area contributed by atoms with Gasteiger partial charge in [-0.25, -0.2) is 22.3 Å². The predicted octanol–water partition coefficient (Wildman–Crippen LogP) is 1.63. The Morgan fingerprint density at radius 1 is 1.12 bits per heavy atom. The second-order valence-electron chi connectivity index (χ2n) is 5.69. The van der Waals surface area contributed by atoms with Crippen molar-refractivity contribution in [3.63, 3.8) is 0 Å². The normalized spacial score (nSPS) is 11.9. The standard InChI is InChI=1S/C17H18FN3O3S/c18-14-6-7-16-15(12-14)20-17(22)21(16)10-9-19-25(23,24)11-8-13-4-2-1-3-5-13/h1-7,12,19H,8-11H2,(H,20,22). The van der Waals surface area contributed by atoms with Gasteiger partial charge in [0.25, 0.3) is 0 Å². The van der Waals surface area contributed by atoms with Crippen molar-refractivity contribution < 1.29 is 12.8 Å². The van der Waals surface area contributed by atoms with Crippen molar-refractivity contribution in [3.8, 4) is 0 Å². The van der Waals surface area contributed by atoms with Crippen LogP contribution in [0.15, 0.2) is 53.3 Å². The third-order valence-corrected chi connectivity index (χ3v) is 5.28. The molecule has 0 unspecified atom stereocenters. The lowest BCUT2D eigenvalue weighted by Crippen LogP contribution is -2.32. The van der Waals surface area contributed by atoms with E-state index in [1.54, 1.807) is 0 Å². The summed E-state index contributed by atoms with van der Waals surface area (Å²) in [6.45, 7) is 0.246. The molecule has 0 aliphatic rings. The summed E-state index contributed by atoms with van der Waals surface area (Å²) in [5.41, 5.74) is 1.47. The van der Waals surface area contributed by atoms with E-state index >= 15 is 0 Å². The zero-order valence-corrected chi connectivity index (χ0v) is 14.2. The highest BCUT2D eigenvalue weighted by molar-refractivity contribution is 7.89. The zero-order chi connectivity index (χ0) is 17.9. The Balaban J connectivity index is 1.61. The Morgan fingerprint density at radius 2 is 1.88 bits per heavy atom. The van der Waals surface area contributed by atoms with Crippen molar-refractivity contribution in [2.45, 2.75) is 13.0 Å². The Bertz CT molecular complexity index is 1030. The first kappa shape index (κ1) is 17.4. The van der Waals surface area contributed by atoms with Crippen LogP contribution in [0.25, 0.3) is 11.0 Å². The minimum absolute atomic E-state index is 0.0228. The van der Waals surface area contributed by atoms with Crippen LogP contribution in [0.5, 0.6) is 0 Å². The highest BCUT2D eigenvalue weighted by atomic mass is 32.2. The number of fused-ring (bicyclic) bond motifs is 1. The van der Waals surface area contributed by atoms with Gasteiger partial charge in [0, 0.05) is 13.1 Å². The molecule has 0 amide bonds. The first-order valence-corrected chi connectivity index (χ1v) is 9.49. The average Bonchev–Trinajstić information content (AvgIpc) is 2.89. The molecule has 3 rings (SSSR count). The topological polar surface area (TPSA) is 84.0 Å². The van der Waals surface area contributed by atoms with Crippen LogP contribution in [0.3, 0.4) is 0 Å². The van der Waals surface area contributed by atoms with E-state index in [1.807, 2.05) is 30.3 Å². The SMILES string of the molecule is O=c1[nH]c2cc(F)ccc2n1CCNS(=O)(=O)CCc1ccccc1. The number of aromatic nitrogens is 2. The van der Waals surface area contributed by atoms with Gasteiger partial charge in [-0.05, 0) is 30.2 Å². The third-order valence-electron chi connectivity index (χ3n) is 3.90. The van der Waals surface area contributed by atoms with E-state index in [-0.39, 0.29) is 18.8 Å². The van der Waals surface area contributed by atoms with E-state index in [0.29, 0.717) is 17.5 Å². The van der Waals surface area contributed by atoms with Crippen LogP contribution in [0.4, 0.5) is 4.39 Å². The molecule has 0 fully saturated rings. The molecule has 0 saturated carbocycles. The van der Waals surface area contributed by atoms with Gasteiger partial charge in [0.1, 0.15) is 5.82 Å². The van der Waals surface area contributed by atoms with Crippen molar-refractivity contribution >= 4 is 21.1 Å². The fourth-order valence-electron chi connectivity index (χ4n) is 2.64. The number of halogens is 1. The average molecular weight is 363 g/mol. The summed E-state index contributed by atoms with van der Waals surface area (Å²) in [6, 6.07) is 13.3. The lowest BCUT2D eigenvalue weighted by Gasteiger charge is -2.08. The molecular formula is C17H18FN3O3S. The Morgan fingerprint density at radius 3 is 2.64 bits per heavy atom. The second-order valence-corrected chi connectivity index (χ2v) is 7.62. The minimum Gasteiger partial charge on any atom is -0.305 e. The second kappa shape index (κ2) is 7.20. The number of hydrogen-bond donors (Lipinski definition) is 2. The van der Waals surface area contributed by atoms with Crippen molar-refractivity contribution in [1.82, 2.24) is 14.3 Å². The molecule has 2 N–H and O–H groups in total. The van der Waals surface area contributed by atoms with Gasteiger partial charge in [-0.15, -0.1) is 0 Å². The fraction of sp³-hybridized carbons (Fsp3) is 0.235. The van der Waals surface area contributed by atoms with Gasteiger partial charge in [0.05, 0.1) is 16.8 Å². The molecule has 1 aromatic heterocycles. The lowest BCUT2D eigenvalue weighted by atomic mass is 10.2. The number of hydrogen-bond acceptors (Lipinski definition) is 3. The van der Waals surface area contributed by atoms with Gasteiger partial charge >= 0.3 is 5.69 Å².